The molecular weight excluding hydrogens is 270 g/mol. The van der Waals surface area contributed by atoms with Crippen LogP contribution in [0.25, 0.3) is 0 Å². The molecule has 0 aromatic heterocycles. The number of benzene rings is 1. The maximum absolute atomic E-state index is 2.68. The van der Waals surface area contributed by atoms with Crippen molar-refractivity contribution in [1.82, 2.24) is 9.80 Å². The fourth-order valence-corrected chi connectivity index (χ4v) is 3.88. The molecule has 1 aromatic carbocycles. The van der Waals surface area contributed by atoms with E-state index in [-0.39, 0.29) is 0 Å². The lowest BCUT2D eigenvalue weighted by atomic mass is 9.96. The van der Waals surface area contributed by atoms with E-state index in [1.54, 1.807) is 0 Å². The zero-order valence-electron chi connectivity index (χ0n) is 14.3. The van der Waals surface area contributed by atoms with Gasteiger partial charge in [0.1, 0.15) is 0 Å². The van der Waals surface area contributed by atoms with Gasteiger partial charge in [0.2, 0.25) is 0 Å². The Balaban J connectivity index is 1.48. The first-order valence-corrected chi connectivity index (χ1v) is 8.92. The van der Waals surface area contributed by atoms with Crippen molar-refractivity contribution in [2.45, 2.75) is 32.2 Å². The smallest absolute Gasteiger partial charge is 0.0366 e. The fourth-order valence-electron chi connectivity index (χ4n) is 3.88. The third-order valence-electron chi connectivity index (χ3n) is 5.13. The molecule has 3 nitrogen and oxygen atoms in total. The topological polar surface area (TPSA) is 9.72 Å². The first-order valence-electron chi connectivity index (χ1n) is 8.92. The molecule has 22 heavy (non-hydrogen) atoms. The molecule has 2 aliphatic heterocycles. The Labute approximate surface area is 135 Å². The van der Waals surface area contributed by atoms with E-state index in [0.717, 1.165) is 12.5 Å². The van der Waals surface area contributed by atoms with Gasteiger partial charge in [-0.25, -0.2) is 0 Å². The highest BCUT2D eigenvalue weighted by Gasteiger charge is 2.22. The van der Waals surface area contributed by atoms with Crippen LogP contribution in [0.4, 0.5) is 5.69 Å². The number of anilines is 1. The monoisotopic (exact) mass is 301 g/mol. The molecule has 0 atom stereocenters. The normalized spacial score (nSPS) is 21.0. The van der Waals surface area contributed by atoms with Crippen LogP contribution in [0.3, 0.4) is 0 Å². The van der Waals surface area contributed by atoms with Gasteiger partial charge in [-0.05, 0) is 76.5 Å². The minimum Gasteiger partial charge on any atom is -0.372 e. The Hall–Kier alpha value is -1.06. The van der Waals surface area contributed by atoms with Crippen LogP contribution in [0.5, 0.6) is 0 Å². The largest absolute Gasteiger partial charge is 0.372 e. The summed E-state index contributed by atoms with van der Waals surface area (Å²) in [4.78, 5) is 7.47. The van der Waals surface area contributed by atoms with Crippen molar-refractivity contribution >= 4 is 5.69 Å². The lowest BCUT2D eigenvalue weighted by Crippen LogP contribution is -2.38. The van der Waals surface area contributed by atoms with E-state index in [4.69, 9.17) is 0 Å². The molecule has 3 rings (SSSR count). The molecule has 0 spiro atoms. The number of rotatable bonds is 5. The second kappa shape index (κ2) is 7.47. The van der Waals surface area contributed by atoms with Crippen molar-refractivity contribution in [3.8, 4) is 0 Å². The number of nitrogens with zero attached hydrogens (tertiary/aromatic N) is 3. The van der Waals surface area contributed by atoms with Crippen LogP contribution in [-0.2, 0) is 6.54 Å². The Kier molecular flexibility index (Phi) is 5.37. The van der Waals surface area contributed by atoms with Crippen LogP contribution >= 0.6 is 0 Å². The molecule has 0 radical (unpaired) electrons. The quantitative estimate of drug-likeness (QED) is 0.827. The molecule has 0 saturated carbocycles. The zero-order valence-corrected chi connectivity index (χ0v) is 14.3. The molecule has 0 bridgehead atoms. The summed E-state index contributed by atoms with van der Waals surface area (Å²) in [5, 5.41) is 0. The van der Waals surface area contributed by atoms with Crippen LogP contribution in [0.2, 0.25) is 0 Å². The number of piperidine rings is 1. The summed E-state index contributed by atoms with van der Waals surface area (Å²) >= 11 is 0. The summed E-state index contributed by atoms with van der Waals surface area (Å²) in [5.41, 5.74) is 2.81. The first-order chi connectivity index (χ1) is 10.7. The summed E-state index contributed by atoms with van der Waals surface area (Å²) in [7, 11) is 4.25. The average molecular weight is 301 g/mol. The summed E-state index contributed by atoms with van der Waals surface area (Å²) in [6, 6.07) is 9.18. The van der Waals surface area contributed by atoms with E-state index in [9.17, 15) is 0 Å². The molecular formula is C19H31N3. The second-order valence-electron chi connectivity index (χ2n) is 7.34. The highest BCUT2D eigenvalue weighted by atomic mass is 15.2. The Morgan fingerprint density at radius 2 is 1.59 bits per heavy atom. The van der Waals surface area contributed by atoms with Crippen LogP contribution in [0.15, 0.2) is 24.3 Å². The highest BCUT2D eigenvalue weighted by molar-refractivity contribution is 5.48. The lowest BCUT2D eigenvalue weighted by molar-refractivity contribution is 0.249. The third-order valence-corrected chi connectivity index (χ3v) is 5.13. The van der Waals surface area contributed by atoms with E-state index >= 15 is 0 Å². The van der Waals surface area contributed by atoms with Crippen molar-refractivity contribution in [3.05, 3.63) is 29.8 Å². The molecule has 2 heterocycles. The van der Waals surface area contributed by atoms with Crippen LogP contribution in [0.1, 0.15) is 31.2 Å². The predicted octanol–water partition coefficient (Wildman–Crippen LogP) is 3.06. The number of hydrogen-bond acceptors (Lipinski definition) is 3. The zero-order chi connectivity index (χ0) is 15.4. The fraction of sp³-hybridized carbons (Fsp3) is 0.684. The maximum Gasteiger partial charge on any atom is 0.0366 e. The molecule has 2 fully saturated rings. The average Bonchev–Trinajstić information content (AvgIpc) is 3.01. The van der Waals surface area contributed by atoms with E-state index in [1.807, 2.05) is 0 Å². The Morgan fingerprint density at radius 1 is 0.955 bits per heavy atom. The van der Waals surface area contributed by atoms with Gasteiger partial charge >= 0.3 is 0 Å². The third kappa shape index (κ3) is 4.23. The van der Waals surface area contributed by atoms with E-state index in [2.05, 4.69) is 53.1 Å². The van der Waals surface area contributed by atoms with Gasteiger partial charge < -0.3 is 14.7 Å². The molecule has 3 heteroatoms. The van der Waals surface area contributed by atoms with Gasteiger partial charge in [0.25, 0.3) is 0 Å². The lowest BCUT2D eigenvalue weighted by Gasteiger charge is -2.35. The minimum absolute atomic E-state index is 0.919. The van der Waals surface area contributed by atoms with Crippen molar-refractivity contribution in [3.63, 3.8) is 0 Å². The molecule has 1 aromatic rings. The van der Waals surface area contributed by atoms with E-state index in [1.165, 1.54) is 69.7 Å². The van der Waals surface area contributed by atoms with Gasteiger partial charge in [0.05, 0.1) is 0 Å². The molecule has 0 N–H and O–H groups in total. The van der Waals surface area contributed by atoms with Crippen molar-refractivity contribution in [2.75, 3.05) is 51.7 Å². The van der Waals surface area contributed by atoms with Gasteiger partial charge in [-0.2, -0.15) is 0 Å². The SMILES string of the molecule is CN(C)Cc1ccc(N2CCC(CN3CCCC3)CC2)cc1. The van der Waals surface area contributed by atoms with E-state index < -0.39 is 0 Å². The molecule has 2 saturated heterocycles. The first kappa shape index (κ1) is 15.8. The van der Waals surface area contributed by atoms with Crippen molar-refractivity contribution in [2.24, 2.45) is 5.92 Å². The van der Waals surface area contributed by atoms with Crippen LogP contribution in [-0.4, -0.2) is 56.6 Å². The summed E-state index contributed by atoms with van der Waals surface area (Å²) in [6.07, 6.45) is 5.54. The van der Waals surface area contributed by atoms with Crippen molar-refractivity contribution < 1.29 is 0 Å². The van der Waals surface area contributed by atoms with Crippen LogP contribution < -0.4 is 4.90 Å². The van der Waals surface area contributed by atoms with Gasteiger partial charge in [-0.1, -0.05) is 12.1 Å². The molecule has 2 aliphatic rings. The van der Waals surface area contributed by atoms with Gasteiger partial charge in [0.15, 0.2) is 0 Å². The summed E-state index contributed by atoms with van der Waals surface area (Å²) < 4.78 is 0. The molecule has 0 aliphatic carbocycles. The minimum atomic E-state index is 0.919. The van der Waals surface area contributed by atoms with E-state index in [0.29, 0.717) is 0 Å². The maximum atomic E-state index is 2.68. The molecule has 122 valence electrons. The van der Waals surface area contributed by atoms with Gasteiger partial charge in [-0.3, -0.25) is 0 Å². The van der Waals surface area contributed by atoms with Crippen molar-refractivity contribution in [1.29, 1.82) is 0 Å². The Bertz CT molecular complexity index is 440. The number of hydrogen-bond donors (Lipinski definition) is 0. The predicted molar refractivity (Wildman–Crippen MR) is 94.4 cm³/mol. The second-order valence-corrected chi connectivity index (χ2v) is 7.34. The molecule has 0 unspecified atom stereocenters. The Morgan fingerprint density at radius 3 is 2.18 bits per heavy atom. The summed E-state index contributed by atoms with van der Waals surface area (Å²) in [5.74, 6) is 0.919. The number of likely N-dealkylation sites (tertiary alicyclic amines) is 1. The van der Waals surface area contributed by atoms with Gasteiger partial charge in [-0.15, -0.1) is 0 Å². The molecule has 0 amide bonds. The van der Waals surface area contributed by atoms with Crippen LogP contribution in [0, 0.1) is 5.92 Å². The summed E-state index contributed by atoms with van der Waals surface area (Å²) in [6.45, 7) is 7.51. The highest BCUT2D eigenvalue weighted by Crippen LogP contribution is 2.25. The van der Waals surface area contributed by atoms with Gasteiger partial charge in [0, 0.05) is 31.9 Å². The standard InChI is InChI=1S/C19H31N3/c1-20(2)15-17-5-7-19(8-6-17)22-13-9-18(10-14-22)16-21-11-3-4-12-21/h5-8,18H,3-4,9-16H2,1-2H3.